The quantitative estimate of drug-likeness (QED) is 0.689. The minimum atomic E-state index is -0.176. The summed E-state index contributed by atoms with van der Waals surface area (Å²) in [6.45, 7) is 4.81. The Balaban J connectivity index is 2.08. The van der Waals surface area contributed by atoms with E-state index in [0.717, 1.165) is 24.8 Å². The van der Waals surface area contributed by atoms with Crippen LogP contribution in [-0.4, -0.2) is 30.3 Å². The van der Waals surface area contributed by atoms with E-state index < -0.39 is 0 Å². The summed E-state index contributed by atoms with van der Waals surface area (Å²) >= 11 is 0. The van der Waals surface area contributed by atoms with Crippen molar-refractivity contribution in [3.05, 3.63) is 0 Å². The van der Waals surface area contributed by atoms with E-state index in [1.807, 2.05) is 0 Å². The fourth-order valence-electron chi connectivity index (χ4n) is 2.53. The molecule has 0 radical (unpaired) electrons. The molecule has 0 bridgehead atoms. The molecule has 2 unspecified atom stereocenters. The molecule has 0 saturated heterocycles. The van der Waals surface area contributed by atoms with Crippen LogP contribution in [0.1, 0.15) is 46.0 Å². The van der Waals surface area contributed by atoms with Crippen LogP contribution in [-0.2, 0) is 0 Å². The zero-order valence-electron chi connectivity index (χ0n) is 11.0. The molecule has 100 valence electrons. The first-order valence-corrected chi connectivity index (χ1v) is 6.77. The van der Waals surface area contributed by atoms with Gasteiger partial charge in [0, 0.05) is 6.54 Å². The number of hydrogen-bond donors (Lipinski definition) is 3. The lowest BCUT2D eigenvalue weighted by molar-refractivity contribution is 0.218. The predicted octanol–water partition coefficient (Wildman–Crippen LogP) is 1.88. The van der Waals surface area contributed by atoms with Gasteiger partial charge in [0.25, 0.3) is 0 Å². The van der Waals surface area contributed by atoms with Crippen molar-refractivity contribution in [3.63, 3.8) is 0 Å². The molecule has 4 nitrogen and oxygen atoms in total. The molecule has 0 aromatic heterocycles. The molecular formula is C13H26N2O2. The predicted molar refractivity (Wildman–Crippen MR) is 68.8 cm³/mol. The van der Waals surface area contributed by atoms with Gasteiger partial charge in [-0.3, -0.25) is 0 Å². The van der Waals surface area contributed by atoms with Crippen LogP contribution in [0.4, 0.5) is 4.79 Å². The average Bonchev–Trinajstić information content (AvgIpc) is 2.29. The van der Waals surface area contributed by atoms with Gasteiger partial charge in [0.1, 0.15) is 0 Å². The highest BCUT2D eigenvalue weighted by Crippen LogP contribution is 2.30. The summed E-state index contributed by atoms with van der Waals surface area (Å²) in [6, 6.07) is -0.347. The monoisotopic (exact) mass is 242 g/mol. The molecular weight excluding hydrogens is 216 g/mol. The molecule has 4 heteroatoms. The second kappa shape index (κ2) is 7.54. The van der Waals surface area contributed by atoms with Gasteiger partial charge in [-0.25, -0.2) is 4.79 Å². The number of carbonyl (C=O) groups excluding carboxylic acids is 1. The third kappa shape index (κ3) is 5.91. The van der Waals surface area contributed by atoms with E-state index in [1.54, 1.807) is 6.92 Å². The van der Waals surface area contributed by atoms with Crippen LogP contribution in [0.2, 0.25) is 0 Å². The van der Waals surface area contributed by atoms with Crippen molar-refractivity contribution < 1.29 is 9.90 Å². The average molecular weight is 242 g/mol. The standard InChI is InChI=1S/C13H26N2O2/c1-10-4-3-5-12(8-10)6-7-14-13(17)15-11(2)9-16/h10-12,16H,3-9H2,1-2H3,(H2,14,15,17)/t10?,11-,12?/m0/s1. The highest BCUT2D eigenvalue weighted by molar-refractivity contribution is 5.74. The van der Waals surface area contributed by atoms with Crippen LogP contribution in [0.3, 0.4) is 0 Å². The smallest absolute Gasteiger partial charge is 0.315 e. The van der Waals surface area contributed by atoms with E-state index in [1.165, 1.54) is 25.7 Å². The summed E-state index contributed by atoms with van der Waals surface area (Å²) in [7, 11) is 0. The number of urea groups is 1. The molecule has 1 aliphatic rings. The topological polar surface area (TPSA) is 61.4 Å². The molecule has 2 amide bonds. The van der Waals surface area contributed by atoms with Crippen molar-refractivity contribution in [1.29, 1.82) is 0 Å². The molecule has 1 saturated carbocycles. The highest BCUT2D eigenvalue weighted by Gasteiger charge is 2.18. The fourth-order valence-corrected chi connectivity index (χ4v) is 2.53. The highest BCUT2D eigenvalue weighted by atomic mass is 16.3. The zero-order valence-corrected chi connectivity index (χ0v) is 11.0. The molecule has 0 heterocycles. The van der Waals surface area contributed by atoms with E-state index in [0.29, 0.717) is 0 Å². The molecule has 0 aliphatic heterocycles. The summed E-state index contributed by atoms with van der Waals surface area (Å²) in [6.07, 6.45) is 6.38. The van der Waals surface area contributed by atoms with Crippen LogP contribution < -0.4 is 10.6 Å². The van der Waals surface area contributed by atoms with Gasteiger partial charge < -0.3 is 15.7 Å². The van der Waals surface area contributed by atoms with Gasteiger partial charge in [0.2, 0.25) is 0 Å². The van der Waals surface area contributed by atoms with Crippen LogP contribution >= 0.6 is 0 Å². The summed E-state index contributed by atoms with van der Waals surface area (Å²) in [5.74, 6) is 1.62. The molecule has 0 aromatic carbocycles. The normalized spacial score (nSPS) is 26.3. The summed E-state index contributed by atoms with van der Waals surface area (Å²) in [5.41, 5.74) is 0. The van der Waals surface area contributed by atoms with Gasteiger partial charge in [-0.2, -0.15) is 0 Å². The molecule has 0 aromatic rings. The van der Waals surface area contributed by atoms with E-state index in [2.05, 4.69) is 17.6 Å². The minimum Gasteiger partial charge on any atom is -0.394 e. The number of rotatable bonds is 5. The second-order valence-electron chi connectivity index (χ2n) is 5.41. The molecule has 1 rings (SSSR count). The van der Waals surface area contributed by atoms with Gasteiger partial charge in [-0.1, -0.05) is 26.2 Å². The summed E-state index contributed by atoms with van der Waals surface area (Å²) in [4.78, 5) is 11.4. The Morgan fingerprint density at radius 1 is 1.47 bits per heavy atom. The van der Waals surface area contributed by atoms with Gasteiger partial charge in [-0.15, -0.1) is 0 Å². The number of nitrogens with one attached hydrogen (secondary N) is 2. The van der Waals surface area contributed by atoms with Crippen molar-refractivity contribution in [1.82, 2.24) is 10.6 Å². The number of aliphatic hydroxyl groups is 1. The van der Waals surface area contributed by atoms with Crippen LogP contribution in [0.25, 0.3) is 0 Å². The second-order valence-corrected chi connectivity index (χ2v) is 5.41. The van der Waals surface area contributed by atoms with Crippen molar-refractivity contribution >= 4 is 6.03 Å². The largest absolute Gasteiger partial charge is 0.394 e. The first-order valence-electron chi connectivity index (χ1n) is 6.77. The lowest BCUT2D eigenvalue weighted by Crippen LogP contribution is -2.42. The Kier molecular flexibility index (Phi) is 6.34. The Hall–Kier alpha value is -0.770. The maximum Gasteiger partial charge on any atom is 0.315 e. The molecule has 3 N–H and O–H groups in total. The fraction of sp³-hybridized carbons (Fsp3) is 0.923. The Labute approximate surface area is 104 Å². The van der Waals surface area contributed by atoms with Crippen molar-refractivity contribution in [2.45, 2.75) is 52.0 Å². The first-order chi connectivity index (χ1) is 8.11. The Morgan fingerprint density at radius 2 is 2.24 bits per heavy atom. The van der Waals surface area contributed by atoms with Crippen LogP contribution in [0.15, 0.2) is 0 Å². The number of aliphatic hydroxyl groups excluding tert-OH is 1. The molecule has 1 fully saturated rings. The lowest BCUT2D eigenvalue weighted by Gasteiger charge is -2.26. The lowest BCUT2D eigenvalue weighted by atomic mass is 9.81. The van der Waals surface area contributed by atoms with E-state index in [-0.39, 0.29) is 18.7 Å². The van der Waals surface area contributed by atoms with Crippen LogP contribution in [0.5, 0.6) is 0 Å². The molecule has 3 atom stereocenters. The number of hydrogen-bond acceptors (Lipinski definition) is 2. The Bertz CT molecular complexity index is 233. The van der Waals surface area contributed by atoms with E-state index in [9.17, 15) is 4.79 Å². The van der Waals surface area contributed by atoms with E-state index in [4.69, 9.17) is 5.11 Å². The van der Waals surface area contributed by atoms with Crippen molar-refractivity contribution in [3.8, 4) is 0 Å². The molecule has 17 heavy (non-hydrogen) atoms. The number of carbonyl (C=O) groups is 1. The van der Waals surface area contributed by atoms with E-state index >= 15 is 0 Å². The minimum absolute atomic E-state index is 0.0203. The van der Waals surface area contributed by atoms with Crippen molar-refractivity contribution in [2.75, 3.05) is 13.2 Å². The van der Waals surface area contributed by atoms with Gasteiger partial charge in [0.05, 0.1) is 12.6 Å². The van der Waals surface area contributed by atoms with Gasteiger partial charge >= 0.3 is 6.03 Å². The SMILES string of the molecule is CC1CCCC(CCNC(=O)N[C@@H](C)CO)C1. The van der Waals surface area contributed by atoms with Gasteiger partial charge in [-0.05, 0) is 31.6 Å². The Morgan fingerprint density at radius 3 is 2.88 bits per heavy atom. The molecule has 0 spiro atoms. The first kappa shape index (κ1) is 14.3. The van der Waals surface area contributed by atoms with Gasteiger partial charge in [0.15, 0.2) is 0 Å². The summed E-state index contributed by atoms with van der Waals surface area (Å²) in [5, 5.41) is 14.3. The maximum absolute atomic E-state index is 11.4. The van der Waals surface area contributed by atoms with Crippen molar-refractivity contribution in [2.24, 2.45) is 11.8 Å². The summed E-state index contributed by atoms with van der Waals surface area (Å²) < 4.78 is 0. The third-order valence-corrected chi connectivity index (χ3v) is 3.53. The molecule has 1 aliphatic carbocycles. The zero-order chi connectivity index (χ0) is 12.7. The van der Waals surface area contributed by atoms with Crippen LogP contribution in [0, 0.1) is 11.8 Å². The maximum atomic E-state index is 11.4. The number of amides is 2. The third-order valence-electron chi connectivity index (χ3n) is 3.53.